The first kappa shape index (κ1) is 14.7. The Morgan fingerprint density at radius 2 is 2.31 bits per heavy atom. The van der Waals surface area contributed by atoms with E-state index < -0.39 is 0 Å². The number of likely N-dealkylation sites (N-methyl/N-ethyl adjacent to an activating group) is 1. The van der Waals surface area contributed by atoms with Crippen LogP contribution in [0.25, 0.3) is 0 Å². The molecule has 0 unspecified atom stereocenters. The highest BCUT2D eigenvalue weighted by atomic mass is 35.5. The van der Waals surface area contributed by atoms with Gasteiger partial charge in [0.05, 0.1) is 12.2 Å². The van der Waals surface area contributed by atoms with Gasteiger partial charge < -0.3 is 15.4 Å². The van der Waals surface area contributed by atoms with E-state index in [4.69, 9.17) is 10.5 Å². The number of aromatic nitrogens is 1. The highest BCUT2D eigenvalue weighted by Crippen LogP contribution is 2.10. The molecule has 0 atom stereocenters. The molecule has 1 aromatic heterocycles. The molecule has 0 aromatic carbocycles. The Morgan fingerprint density at radius 3 is 2.88 bits per heavy atom. The van der Waals surface area contributed by atoms with E-state index in [0.717, 1.165) is 0 Å². The van der Waals surface area contributed by atoms with Gasteiger partial charge in [-0.05, 0) is 6.07 Å². The Labute approximate surface area is 101 Å². The van der Waals surface area contributed by atoms with Crippen LogP contribution in [-0.4, -0.2) is 43.1 Å². The van der Waals surface area contributed by atoms with Crippen molar-refractivity contribution in [3.8, 4) is 0 Å². The van der Waals surface area contributed by atoms with E-state index in [1.807, 2.05) is 0 Å². The lowest BCUT2D eigenvalue weighted by atomic mass is 10.2. The molecule has 0 aliphatic carbocycles. The summed E-state index contributed by atoms with van der Waals surface area (Å²) in [5, 5.41) is 0. The standard InChI is InChI=1S/C10H15N3O2.ClH/c1-13(5-6-15-2)10(14)8-7-12-4-3-9(8)11;/h3-4,7H,5-6H2,1-2H3,(H2,11,12);1H. The highest BCUT2D eigenvalue weighted by molar-refractivity contribution is 5.98. The molecule has 1 heterocycles. The van der Waals surface area contributed by atoms with E-state index in [1.165, 1.54) is 6.20 Å². The predicted octanol–water partition coefficient (Wildman–Crippen LogP) is 0.804. The minimum atomic E-state index is -0.141. The number of rotatable bonds is 4. The Balaban J connectivity index is 0.00000225. The van der Waals surface area contributed by atoms with Gasteiger partial charge in [-0.15, -0.1) is 12.4 Å². The van der Waals surface area contributed by atoms with Crippen molar-refractivity contribution in [3.63, 3.8) is 0 Å². The third-order valence-corrected chi connectivity index (χ3v) is 2.06. The molecule has 1 amide bonds. The molecule has 0 saturated heterocycles. The summed E-state index contributed by atoms with van der Waals surface area (Å²) in [7, 11) is 3.30. The average molecular weight is 246 g/mol. The van der Waals surface area contributed by atoms with Crippen molar-refractivity contribution in [2.45, 2.75) is 0 Å². The Morgan fingerprint density at radius 1 is 1.62 bits per heavy atom. The number of carbonyl (C=O) groups excluding carboxylic acids is 1. The van der Waals surface area contributed by atoms with Gasteiger partial charge >= 0.3 is 0 Å². The summed E-state index contributed by atoms with van der Waals surface area (Å²) >= 11 is 0. The second kappa shape index (κ2) is 7.03. The number of anilines is 1. The van der Waals surface area contributed by atoms with E-state index in [2.05, 4.69) is 4.98 Å². The quantitative estimate of drug-likeness (QED) is 0.852. The maximum atomic E-state index is 11.8. The first-order chi connectivity index (χ1) is 7.16. The lowest BCUT2D eigenvalue weighted by Gasteiger charge is -2.17. The third kappa shape index (κ3) is 3.67. The van der Waals surface area contributed by atoms with Gasteiger partial charge in [0, 0.05) is 38.8 Å². The van der Waals surface area contributed by atoms with Crippen LogP contribution in [0, 0.1) is 0 Å². The average Bonchev–Trinajstić information content (AvgIpc) is 2.25. The number of amides is 1. The molecule has 0 bridgehead atoms. The first-order valence-corrected chi connectivity index (χ1v) is 4.60. The smallest absolute Gasteiger partial charge is 0.257 e. The van der Waals surface area contributed by atoms with Crippen molar-refractivity contribution < 1.29 is 9.53 Å². The van der Waals surface area contributed by atoms with E-state index in [-0.39, 0.29) is 18.3 Å². The zero-order chi connectivity index (χ0) is 11.3. The minimum absolute atomic E-state index is 0. The van der Waals surface area contributed by atoms with Crippen LogP contribution in [0.15, 0.2) is 18.5 Å². The van der Waals surface area contributed by atoms with E-state index in [9.17, 15) is 4.79 Å². The number of halogens is 1. The van der Waals surface area contributed by atoms with Gasteiger partial charge in [-0.1, -0.05) is 0 Å². The second-order valence-electron chi connectivity index (χ2n) is 3.18. The summed E-state index contributed by atoms with van der Waals surface area (Å²) in [6.07, 6.45) is 3.03. The number of nitrogens with two attached hydrogens (primary N) is 1. The molecular formula is C10H16ClN3O2. The van der Waals surface area contributed by atoms with Crippen LogP contribution in [0.5, 0.6) is 0 Å². The molecule has 5 nitrogen and oxygen atoms in total. The SMILES string of the molecule is COCCN(C)C(=O)c1cnccc1N.Cl. The summed E-state index contributed by atoms with van der Waals surface area (Å²) < 4.78 is 4.89. The second-order valence-corrected chi connectivity index (χ2v) is 3.18. The molecule has 0 spiro atoms. The summed E-state index contributed by atoms with van der Waals surface area (Å²) in [5.41, 5.74) is 6.54. The maximum absolute atomic E-state index is 11.8. The monoisotopic (exact) mass is 245 g/mol. The summed E-state index contributed by atoms with van der Waals surface area (Å²) in [4.78, 5) is 17.2. The van der Waals surface area contributed by atoms with Crippen LogP contribution in [0.1, 0.15) is 10.4 Å². The van der Waals surface area contributed by atoms with Crippen molar-refractivity contribution in [2.24, 2.45) is 0 Å². The van der Waals surface area contributed by atoms with Gasteiger partial charge in [0.15, 0.2) is 0 Å². The van der Waals surface area contributed by atoms with Gasteiger partial charge in [-0.2, -0.15) is 0 Å². The Kier molecular flexibility index (Phi) is 6.44. The van der Waals surface area contributed by atoms with Crippen molar-refractivity contribution in [1.29, 1.82) is 0 Å². The molecule has 16 heavy (non-hydrogen) atoms. The third-order valence-electron chi connectivity index (χ3n) is 2.06. The van der Waals surface area contributed by atoms with Crippen LogP contribution < -0.4 is 5.73 Å². The zero-order valence-electron chi connectivity index (χ0n) is 9.34. The van der Waals surface area contributed by atoms with Crippen molar-refractivity contribution in [3.05, 3.63) is 24.0 Å². The molecule has 90 valence electrons. The molecule has 6 heteroatoms. The lowest BCUT2D eigenvalue weighted by Crippen LogP contribution is -2.30. The molecule has 0 saturated carbocycles. The summed E-state index contributed by atoms with van der Waals surface area (Å²) in [5.74, 6) is -0.141. The maximum Gasteiger partial charge on any atom is 0.257 e. The number of nitrogen functional groups attached to an aromatic ring is 1. The first-order valence-electron chi connectivity index (χ1n) is 4.60. The van der Waals surface area contributed by atoms with Gasteiger partial charge in [0.1, 0.15) is 0 Å². The van der Waals surface area contributed by atoms with Crippen molar-refractivity contribution in [2.75, 3.05) is 33.0 Å². The van der Waals surface area contributed by atoms with Crippen LogP contribution in [0.2, 0.25) is 0 Å². The number of ether oxygens (including phenoxy) is 1. The minimum Gasteiger partial charge on any atom is -0.398 e. The fourth-order valence-electron chi connectivity index (χ4n) is 1.12. The zero-order valence-corrected chi connectivity index (χ0v) is 10.2. The van der Waals surface area contributed by atoms with Crippen LogP contribution in [-0.2, 0) is 4.74 Å². The number of carbonyl (C=O) groups is 1. The van der Waals surface area contributed by atoms with Gasteiger partial charge in [-0.25, -0.2) is 0 Å². The number of pyridine rings is 1. The van der Waals surface area contributed by atoms with E-state index in [0.29, 0.717) is 24.4 Å². The van der Waals surface area contributed by atoms with Gasteiger partial charge in [0.25, 0.3) is 5.91 Å². The van der Waals surface area contributed by atoms with Crippen LogP contribution in [0.3, 0.4) is 0 Å². The largest absolute Gasteiger partial charge is 0.398 e. The van der Waals surface area contributed by atoms with E-state index in [1.54, 1.807) is 31.3 Å². The lowest BCUT2D eigenvalue weighted by molar-refractivity contribution is 0.0745. The molecule has 1 aromatic rings. The van der Waals surface area contributed by atoms with Crippen LogP contribution in [0.4, 0.5) is 5.69 Å². The number of hydrogen-bond acceptors (Lipinski definition) is 4. The summed E-state index contributed by atoms with van der Waals surface area (Å²) in [6, 6.07) is 1.61. The Bertz CT molecular complexity index is 347. The normalized spacial score (nSPS) is 9.38. The van der Waals surface area contributed by atoms with Crippen molar-refractivity contribution >= 4 is 24.0 Å². The molecule has 0 aliphatic rings. The fourth-order valence-corrected chi connectivity index (χ4v) is 1.12. The molecule has 0 radical (unpaired) electrons. The summed E-state index contributed by atoms with van der Waals surface area (Å²) in [6.45, 7) is 1.03. The number of methoxy groups -OCH3 is 1. The van der Waals surface area contributed by atoms with Gasteiger partial charge in [-0.3, -0.25) is 9.78 Å². The predicted molar refractivity (Wildman–Crippen MR) is 64.7 cm³/mol. The molecule has 0 aliphatic heterocycles. The Hall–Kier alpha value is -1.33. The van der Waals surface area contributed by atoms with Crippen LogP contribution >= 0.6 is 12.4 Å². The fraction of sp³-hybridized carbons (Fsp3) is 0.400. The molecule has 0 fully saturated rings. The molecule has 2 N–H and O–H groups in total. The van der Waals surface area contributed by atoms with Gasteiger partial charge in [0.2, 0.25) is 0 Å². The molecule has 1 rings (SSSR count). The topological polar surface area (TPSA) is 68.5 Å². The number of hydrogen-bond donors (Lipinski definition) is 1. The van der Waals surface area contributed by atoms with Crippen molar-refractivity contribution in [1.82, 2.24) is 9.88 Å². The highest BCUT2D eigenvalue weighted by Gasteiger charge is 2.13. The van der Waals surface area contributed by atoms with E-state index >= 15 is 0 Å². The number of nitrogens with zero attached hydrogens (tertiary/aromatic N) is 2. The molecular weight excluding hydrogens is 230 g/mol.